The van der Waals surface area contributed by atoms with Gasteiger partial charge in [-0.25, -0.2) is 0 Å². The molecule has 2 fully saturated rings. The number of hydrogen-bond donors (Lipinski definition) is 2. The molecule has 5 atom stereocenters. The summed E-state index contributed by atoms with van der Waals surface area (Å²) in [5.41, 5.74) is 3.20. The molecule has 2 saturated carbocycles. The van der Waals surface area contributed by atoms with Crippen molar-refractivity contribution in [3.8, 4) is 5.75 Å². The molecule has 0 spiro atoms. The smallest absolute Gasteiger partial charge is 0.115 e. The summed E-state index contributed by atoms with van der Waals surface area (Å²) in [4.78, 5) is 0. The predicted octanol–water partition coefficient (Wildman–Crippen LogP) is 3.61. The number of aliphatic hydroxyl groups is 1. The first-order valence-electron chi connectivity index (χ1n) is 8.07. The van der Waals surface area contributed by atoms with E-state index >= 15 is 0 Å². The molecule has 2 nitrogen and oxygen atoms in total. The quantitative estimate of drug-likeness (QED) is 0.757. The van der Waals surface area contributed by atoms with Crippen LogP contribution in [0.1, 0.15) is 56.1 Å². The number of fused-ring (bicyclic) bond motifs is 5. The highest BCUT2D eigenvalue weighted by atomic mass is 16.3. The third kappa shape index (κ3) is 1.74. The molecule has 3 aliphatic rings. The number of aryl methyl sites for hydroxylation is 1. The first kappa shape index (κ1) is 12.7. The van der Waals surface area contributed by atoms with E-state index in [-0.39, 0.29) is 6.10 Å². The van der Waals surface area contributed by atoms with Gasteiger partial charge in [0, 0.05) is 0 Å². The van der Waals surface area contributed by atoms with Crippen LogP contribution in [-0.4, -0.2) is 16.3 Å². The van der Waals surface area contributed by atoms with Gasteiger partial charge in [-0.3, -0.25) is 0 Å². The Morgan fingerprint density at radius 1 is 1.25 bits per heavy atom. The molecular formula is C18H24O2. The summed E-state index contributed by atoms with van der Waals surface area (Å²) in [5.74, 6) is 2.49. The van der Waals surface area contributed by atoms with E-state index in [0.717, 1.165) is 25.2 Å². The normalized spacial score (nSPS) is 42.7. The van der Waals surface area contributed by atoms with E-state index in [4.69, 9.17) is 0 Å². The number of phenols is 1. The maximum atomic E-state index is 10.1. The van der Waals surface area contributed by atoms with Crippen molar-refractivity contribution < 1.29 is 10.2 Å². The maximum absolute atomic E-state index is 10.1. The molecule has 0 radical (unpaired) electrons. The lowest BCUT2D eigenvalue weighted by Gasteiger charge is -2.49. The minimum Gasteiger partial charge on any atom is -0.508 e. The lowest BCUT2D eigenvalue weighted by atomic mass is 9.56. The fraction of sp³-hybridized carbons (Fsp3) is 0.667. The van der Waals surface area contributed by atoms with Gasteiger partial charge in [-0.2, -0.15) is 0 Å². The van der Waals surface area contributed by atoms with Crippen LogP contribution in [0.4, 0.5) is 0 Å². The van der Waals surface area contributed by atoms with E-state index in [0.29, 0.717) is 23.0 Å². The number of phenolic OH excluding ortho intramolecular Hbond substituents is 1. The van der Waals surface area contributed by atoms with Crippen LogP contribution in [0.2, 0.25) is 0 Å². The molecule has 0 aliphatic heterocycles. The molecule has 2 N–H and O–H groups in total. The van der Waals surface area contributed by atoms with Crippen LogP contribution in [0.3, 0.4) is 0 Å². The average molecular weight is 272 g/mol. The molecule has 1 aromatic rings. The second kappa shape index (κ2) is 4.24. The number of hydrogen-bond acceptors (Lipinski definition) is 2. The summed E-state index contributed by atoms with van der Waals surface area (Å²) >= 11 is 0. The molecular weight excluding hydrogens is 248 g/mol. The number of aromatic hydroxyl groups is 1. The van der Waals surface area contributed by atoms with Crippen molar-refractivity contribution in [3.63, 3.8) is 0 Å². The molecule has 0 unspecified atom stereocenters. The number of benzene rings is 1. The number of rotatable bonds is 0. The summed E-state index contributed by atoms with van der Waals surface area (Å²) in [7, 11) is 0. The van der Waals surface area contributed by atoms with E-state index in [1.54, 1.807) is 0 Å². The highest BCUT2D eigenvalue weighted by Crippen LogP contribution is 2.60. The van der Waals surface area contributed by atoms with Crippen LogP contribution in [0.15, 0.2) is 18.2 Å². The van der Waals surface area contributed by atoms with Gasteiger partial charge in [-0.05, 0) is 85.0 Å². The Morgan fingerprint density at radius 3 is 2.95 bits per heavy atom. The summed E-state index contributed by atoms with van der Waals surface area (Å²) in [6, 6.07) is 5.96. The summed E-state index contributed by atoms with van der Waals surface area (Å²) in [6.45, 7) is 2.40. The van der Waals surface area contributed by atoms with Crippen molar-refractivity contribution in [1.29, 1.82) is 0 Å². The van der Waals surface area contributed by atoms with Gasteiger partial charge in [-0.15, -0.1) is 0 Å². The molecule has 20 heavy (non-hydrogen) atoms. The van der Waals surface area contributed by atoms with E-state index < -0.39 is 0 Å². The molecule has 0 saturated heterocycles. The third-order valence-corrected chi connectivity index (χ3v) is 6.46. The van der Waals surface area contributed by atoms with E-state index in [9.17, 15) is 10.2 Å². The van der Waals surface area contributed by atoms with E-state index in [1.165, 1.54) is 30.4 Å². The van der Waals surface area contributed by atoms with Crippen molar-refractivity contribution in [1.82, 2.24) is 0 Å². The van der Waals surface area contributed by atoms with Crippen molar-refractivity contribution in [3.05, 3.63) is 29.3 Å². The Hall–Kier alpha value is -1.02. The third-order valence-electron chi connectivity index (χ3n) is 6.46. The van der Waals surface area contributed by atoms with Gasteiger partial charge in [0.25, 0.3) is 0 Å². The Balaban J connectivity index is 1.70. The minimum atomic E-state index is -0.0787. The molecule has 4 rings (SSSR count). The zero-order valence-corrected chi connectivity index (χ0v) is 12.2. The van der Waals surface area contributed by atoms with Crippen LogP contribution in [-0.2, 0) is 6.42 Å². The summed E-state index contributed by atoms with van der Waals surface area (Å²) < 4.78 is 0. The van der Waals surface area contributed by atoms with Gasteiger partial charge < -0.3 is 10.2 Å². The predicted molar refractivity (Wildman–Crippen MR) is 78.7 cm³/mol. The van der Waals surface area contributed by atoms with E-state index in [2.05, 4.69) is 13.0 Å². The summed E-state index contributed by atoms with van der Waals surface area (Å²) in [5, 5.41) is 19.8. The Morgan fingerprint density at radius 2 is 2.10 bits per heavy atom. The van der Waals surface area contributed by atoms with Crippen molar-refractivity contribution >= 4 is 0 Å². The van der Waals surface area contributed by atoms with Gasteiger partial charge in [0.2, 0.25) is 0 Å². The highest BCUT2D eigenvalue weighted by molar-refractivity contribution is 5.40. The lowest BCUT2D eigenvalue weighted by molar-refractivity contribution is 0.0596. The second-order valence-corrected chi connectivity index (χ2v) is 7.58. The zero-order valence-electron chi connectivity index (χ0n) is 12.2. The van der Waals surface area contributed by atoms with Crippen LogP contribution < -0.4 is 0 Å². The molecule has 0 amide bonds. The Kier molecular flexibility index (Phi) is 2.69. The van der Waals surface area contributed by atoms with Crippen molar-refractivity contribution in [2.45, 2.75) is 57.5 Å². The largest absolute Gasteiger partial charge is 0.508 e. The monoisotopic (exact) mass is 272 g/mol. The van der Waals surface area contributed by atoms with E-state index in [1.807, 2.05) is 12.1 Å². The molecule has 0 heterocycles. The average Bonchev–Trinajstić information content (AvgIpc) is 2.72. The zero-order chi connectivity index (χ0) is 13.9. The molecule has 0 aromatic heterocycles. The first-order valence-corrected chi connectivity index (χ1v) is 8.07. The van der Waals surface area contributed by atoms with Crippen molar-refractivity contribution in [2.24, 2.45) is 17.3 Å². The highest BCUT2D eigenvalue weighted by Gasteiger charge is 2.52. The molecule has 3 aliphatic carbocycles. The topological polar surface area (TPSA) is 40.5 Å². The fourth-order valence-electron chi connectivity index (χ4n) is 5.59. The van der Waals surface area contributed by atoms with Crippen LogP contribution >= 0.6 is 0 Å². The van der Waals surface area contributed by atoms with Gasteiger partial charge in [0.15, 0.2) is 0 Å². The molecule has 2 heteroatoms. The summed E-state index contributed by atoms with van der Waals surface area (Å²) in [6.07, 6.45) is 6.75. The van der Waals surface area contributed by atoms with Gasteiger partial charge >= 0.3 is 0 Å². The second-order valence-electron chi connectivity index (χ2n) is 7.58. The lowest BCUT2D eigenvalue weighted by Crippen LogP contribution is -2.39. The maximum Gasteiger partial charge on any atom is 0.115 e. The van der Waals surface area contributed by atoms with Crippen LogP contribution in [0.5, 0.6) is 5.75 Å². The van der Waals surface area contributed by atoms with Gasteiger partial charge in [0.05, 0.1) is 6.10 Å². The first-order chi connectivity index (χ1) is 9.57. The number of aliphatic hydroxyl groups excluding tert-OH is 1. The van der Waals surface area contributed by atoms with Crippen molar-refractivity contribution in [2.75, 3.05) is 0 Å². The van der Waals surface area contributed by atoms with Crippen LogP contribution in [0.25, 0.3) is 0 Å². The molecule has 1 aromatic carbocycles. The Bertz CT molecular complexity index is 538. The van der Waals surface area contributed by atoms with Crippen LogP contribution in [0, 0.1) is 17.3 Å². The minimum absolute atomic E-state index is 0.0787. The van der Waals surface area contributed by atoms with Gasteiger partial charge in [0.1, 0.15) is 5.75 Å². The molecule has 108 valence electrons. The van der Waals surface area contributed by atoms with Gasteiger partial charge in [-0.1, -0.05) is 13.0 Å². The Labute approximate surface area is 120 Å². The SMILES string of the molecule is C[C@]12CC[C@H]3c4ccc(O)cc4CC[C@@H]3[C@@H]1C[C@H](O)C2. The standard InChI is InChI=1S/C18H24O2/c1-18-7-6-15-14-5-3-12(19)8-11(14)2-4-16(15)17(18)9-13(20)10-18/h3,5,8,13,15-17,19-20H,2,4,6-7,9-10H2,1H3/t13-,15-,16-,17-,18+/m0/s1. The fourth-order valence-corrected chi connectivity index (χ4v) is 5.59. The molecule has 0 bridgehead atoms.